The minimum Gasteiger partial charge on any atom is -0.454 e. The number of benzene rings is 1. The molecule has 6 nitrogen and oxygen atoms in total. The lowest BCUT2D eigenvalue weighted by molar-refractivity contribution is -0.141. The van der Waals surface area contributed by atoms with Crippen LogP contribution in [0.4, 0.5) is 24.7 Å². The predicted octanol–water partition coefficient (Wildman–Crippen LogP) is 4.03. The van der Waals surface area contributed by atoms with Crippen molar-refractivity contribution in [1.29, 1.82) is 0 Å². The smallest absolute Gasteiger partial charge is 0.433 e. The van der Waals surface area contributed by atoms with Crippen LogP contribution in [0.5, 0.6) is 11.5 Å². The molecule has 1 N–H and O–H groups in total. The van der Waals surface area contributed by atoms with Gasteiger partial charge in [0.1, 0.15) is 5.82 Å². The molecule has 1 aromatic carbocycles. The highest BCUT2D eigenvalue weighted by Gasteiger charge is 2.34. The minimum absolute atomic E-state index is 0.0120. The molecule has 0 fully saturated rings. The van der Waals surface area contributed by atoms with Crippen molar-refractivity contribution in [2.45, 2.75) is 6.18 Å². The summed E-state index contributed by atoms with van der Waals surface area (Å²) in [6, 6.07) is 8.90. The summed E-state index contributed by atoms with van der Waals surface area (Å²) in [7, 11) is 0. The molecule has 2 aromatic heterocycles. The fourth-order valence-corrected chi connectivity index (χ4v) is 2.41. The fraction of sp³-hybridized carbons (Fsp3) is 0.118. The Balaban J connectivity index is 1.73. The van der Waals surface area contributed by atoms with Crippen LogP contribution in [0.1, 0.15) is 5.69 Å². The van der Waals surface area contributed by atoms with Gasteiger partial charge in [0.2, 0.25) is 6.79 Å². The summed E-state index contributed by atoms with van der Waals surface area (Å²) < 4.78 is 50.1. The third-order valence-corrected chi connectivity index (χ3v) is 3.60. The molecular weight excluding hydrogens is 349 g/mol. The monoisotopic (exact) mass is 360 g/mol. The summed E-state index contributed by atoms with van der Waals surface area (Å²) in [6.07, 6.45) is -1.68. The molecule has 0 saturated carbocycles. The van der Waals surface area contributed by atoms with Crippen LogP contribution in [0.15, 0.2) is 48.8 Å². The first-order valence-corrected chi connectivity index (χ1v) is 7.52. The molecule has 0 unspecified atom stereocenters. The summed E-state index contributed by atoms with van der Waals surface area (Å²) in [5.41, 5.74) is -0.0934. The third-order valence-electron chi connectivity index (χ3n) is 3.60. The summed E-state index contributed by atoms with van der Waals surface area (Å²) >= 11 is 0. The predicted molar refractivity (Wildman–Crippen MR) is 86.1 cm³/mol. The van der Waals surface area contributed by atoms with E-state index in [4.69, 9.17) is 9.47 Å². The number of nitrogens with one attached hydrogen (secondary N) is 1. The van der Waals surface area contributed by atoms with Crippen LogP contribution in [0, 0.1) is 0 Å². The Morgan fingerprint density at radius 2 is 1.69 bits per heavy atom. The highest BCUT2D eigenvalue weighted by atomic mass is 19.4. The van der Waals surface area contributed by atoms with E-state index in [1.807, 2.05) is 0 Å². The SMILES string of the molecule is FC(F)(F)c1cc(Nc2ccc3c(c2)OCO3)nc(-c2ccncc2)n1. The molecule has 0 bridgehead atoms. The first-order chi connectivity index (χ1) is 12.5. The zero-order chi connectivity index (χ0) is 18.1. The van der Waals surface area contributed by atoms with Crippen molar-refractivity contribution in [2.75, 3.05) is 12.1 Å². The largest absolute Gasteiger partial charge is 0.454 e. The summed E-state index contributed by atoms with van der Waals surface area (Å²) in [5.74, 6) is 1.05. The maximum Gasteiger partial charge on any atom is 0.433 e. The first-order valence-electron chi connectivity index (χ1n) is 7.52. The second kappa shape index (κ2) is 6.17. The van der Waals surface area contributed by atoms with Crippen LogP contribution in [-0.2, 0) is 6.18 Å². The van der Waals surface area contributed by atoms with Gasteiger partial charge in [0.25, 0.3) is 0 Å². The van der Waals surface area contributed by atoms with E-state index < -0.39 is 11.9 Å². The molecule has 0 radical (unpaired) electrons. The van der Waals surface area contributed by atoms with E-state index in [0.717, 1.165) is 6.07 Å². The Labute approximate surface area is 145 Å². The van der Waals surface area contributed by atoms with Gasteiger partial charge in [-0.25, -0.2) is 9.97 Å². The molecule has 9 heteroatoms. The molecule has 3 aromatic rings. The number of alkyl halides is 3. The summed E-state index contributed by atoms with van der Waals surface area (Å²) in [6.45, 7) is 0.108. The number of halogens is 3. The number of ether oxygens (including phenoxy) is 2. The Hall–Kier alpha value is -3.36. The van der Waals surface area contributed by atoms with Crippen molar-refractivity contribution < 1.29 is 22.6 Å². The Bertz CT molecular complexity index is 948. The van der Waals surface area contributed by atoms with Gasteiger partial charge < -0.3 is 14.8 Å². The van der Waals surface area contributed by atoms with Crippen molar-refractivity contribution in [3.63, 3.8) is 0 Å². The van der Waals surface area contributed by atoms with Crippen molar-refractivity contribution in [2.24, 2.45) is 0 Å². The number of aromatic nitrogens is 3. The Kier molecular flexibility index (Phi) is 3.83. The van der Waals surface area contributed by atoms with E-state index in [-0.39, 0.29) is 18.4 Å². The molecule has 0 amide bonds. The number of rotatable bonds is 3. The molecule has 3 heterocycles. The number of fused-ring (bicyclic) bond motifs is 1. The zero-order valence-electron chi connectivity index (χ0n) is 13.1. The average Bonchev–Trinajstić information content (AvgIpc) is 3.09. The van der Waals surface area contributed by atoms with E-state index in [2.05, 4.69) is 20.3 Å². The third kappa shape index (κ3) is 3.23. The maximum atomic E-state index is 13.2. The van der Waals surface area contributed by atoms with Gasteiger partial charge in [0.05, 0.1) is 0 Å². The second-order valence-corrected chi connectivity index (χ2v) is 5.39. The summed E-state index contributed by atoms with van der Waals surface area (Å²) in [5, 5.41) is 2.85. The standard InChI is InChI=1S/C17H11F3N4O2/c18-17(19,20)14-8-15(24-16(23-14)10-3-5-21-6-4-10)22-11-1-2-12-13(7-11)26-9-25-12/h1-8H,9H2,(H,22,23,24). The number of hydrogen-bond acceptors (Lipinski definition) is 6. The normalized spacial score (nSPS) is 12.9. The molecule has 0 atom stereocenters. The molecule has 0 spiro atoms. The highest BCUT2D eigenvalue weighted by molar-refractivity contribution is 5.64. The molecule has 0 aliphatic carbocycles. The lowest BCUT2D eigenvalue weighted by Crippen LogP contribution is -2.11. The van der Waals surface area contributed by atoms with Crippen LogP contribution < -0.4 is 14.8 Å². The van der Waals surface area contributed by atoms with Crippen molar-refractivity contribution in [3.8, 4) is 22.9 Å². The molecule has 26 heavy (non-hydrogen) atoms. The fourth-order valence-electron chi connectivity index (χ4n) is 2.41. The molecule has 4 rings (SSSR count). The van der Waals surface area contributed by atoms with Crippen molar-refractivity contribution in [1.82, 2.24) is 15.0 Å². The highest BCUT2D eigenvalue weighted by Crippen LogP contribution is 2.36. The van der Waals surface area contributed by atoms with E-state index in [1.54, 1.807) is 30.3 Å². The van der Waals surface area contributed by atoms with E-state index >= 15 is 0 Å². The van der Waals surface area contributed by atoms with Crippen LogP contribution in [0.25, 0.3) is 11.4 Å². The van der Waals surface area contributed by atoms with Crippen LogP contribution in [0.3, 0.4) is 0 Å². The molecular formula is C17H11F3N4O2. The van der Waals surface area contributed by atoms with Gasteiger partial charge in [-0.05, 0) is 24.3 Å². The molecule has 0 saturated heterocycles. The molecule has 1 aliphatic rings. The van der Waals surface area contributed by atoms with Gasteiger partial charge in [0, 0.05) is 35.8 Å². The number of anilines is 2. The zero-order valence-corrected chi connectivity index (χ0v) is 13.1. The second-order valence-electron chi connectivity index (χ2n) is 5.39. The number of nitrogens with zero attached hydrogens (tertiary/aromatic N) is 3. The van der Waals surface area contributed by atoms with Crippen LogP contribution >= 0.6 is 0 Å². The van der Waals surface area contributed by atoms with Gasteiger partial charge in [-0.2, -0.15) is 13.2 Å². The van der Waals surface area contributed by atoms with Crippen molar-refractivity contribution >= 4 is 11.5 Å². The van der Waals surface area contributed by atoms with Crippen LogP contribution in [-0.4, -0.2) is 21.7 Å². The molecule has 1 aliphatic heterocycles. The molecule has 132 valence electrons. The van der Waals surface area contributed by atoms with Crippen molar-refractivity contribution in [3.05, 3.63) is 54.5 Å². The van der Waals surface area contributed by atoms with Gasteiger partial charge in [0.15, 0.2) is 23.0 Å². The summed E-state index contributed by atoms with van der Waals surface area (Å²) in [4.78, 5) is 11.7. The van der Waals surface area contributed by atoms with E-state index in [0.29, 0.717) is 22.7 Å². The Morgan fingerprint density at radius 3 is 2.46 bits per heavy atom. The topological polar surface area (TPSA) is 69.2 Å². The van der Waals surface area contributed by atoms with E-state index in [1.165, 1.54) is 12.4 Å². The van der Waals surface area contributed by atoms with E-state index in [9.17, 15) is 13.2 Å². The number of pyridine rings is 1. The van der Waals surface area contributed by atoms with Gasteiger partial charge in [-0.3, -0.25) is 4.98 Å². The van der Waals surface area contributed by atoms with Gasteiger partial charge in [-0.1, -0.05) is 0 Å². The Morgan fingerprint density at radius 1 is 0.923 bits per heavy atom. The van der Waals surface area contributed by atoms with Gasteiger partial charge in [-0.15, -0.1) is 0 Å². The lowest BCUT2D eigenvalue weighted by atomic mass is 10.2. The average molecular weight is 360 g/mol. The minimum atomic E-state index is -4.60. The quantitative estimate of drug-likeness (QED) is 0.761. The van der Waals surface area contributed by atoms with Crippen LogP contribution in [0.2, 0.25) is 0 Å². The van der Waals surface area contributed by atoms with Gasteiger partial charge >= 0.3 is 6.18 Å². The number of hydrogen-bond donors (Lipinski definition) is 1. The lowest BCUT2D eigenvalue weighted by Gasteiger charge is -2.12. The maximum absolute atomic E-state index is 13.2. The first kappa shape index (κ1) is 16.1.